The van der Waals surface area contributed by atoms with Gasteiger partial charge >= 0.3 is 5.69 Å². The molecule has 0 spiro atoms. The zero-order chi connectivity index (χ0) is 15.1. The summed E-state index contributed by atoms with van der Waals surface area (Å²) in [6.45, 7) is 1.82. The number of alkyl halides is 2. The maximum absolute atomic E-state index is 14.7. The van der Waals surface area contributed by atoms with E-state index in [1.54, 1.807) is 0 Å². The van der Waals surface area contributed by atoms with E-state index < -0.39 is 41.7 Å². The number of aromatic amines is 1. The second-order valence-electron chi connectivity index (χ2n) is 4.37. The average Bonchev–Trinajstić information content (AvgIpc) is 2.62. The quantitative estimate of drug-likeness (QED) is 0.618. The fourth-order valence-electron chi connectivity index (χ4n) is 2.02. The molecule has 1 saturated heterocycles. The minimum absolute atomic E-state index is 0.559. The Hall–Kier alpha value is -1.84. The average molecular weight is 290 g/mol. The van der Waals surface area contributed by atoms with Crippen LogP contribution in [0, 0.1) is 0 Å². The van der Waals surface area contributed by atoms with E-state index in [4.69, 9.17) is 5.11 Å². The third kappa shape index (κ3) is 1.90. The van der Waals surface area contributed by atoms with Gasteiger partial charge in [0.1, 0.15) is 6.61 Å². The minimum Gasteiger partial charge on any atom is -0.390 e. The molecule has 1 aliphatic heterocycles. The molecule has 0 bridgehead atoms. The predicted molar refractivity (Wildman–Crippen MR) is 62.4 cm³/mol. The highest BCUT2D eigenvalue weighted by Gasteiger charge is 2.65. The topological polar surface area (TPSA) is 105 Å². The summed E-state index contributed by atoms with van der Waals surface area (Å²) in [6.07, 6.45) is -2.84. The Labute approximate surface area is 110 Å². The van der Waals surface area contributed by atoms with Crippen molar-refractivity contribution in [2.24, 2.45) is 0 Å². The van der Waals surface area contributed by atoms with Gasteiger partial charge in [0.15, 0.2) is 12.3 Å². The molecule has 0 aromatic carbocycles. The summed E-state index contributed by atoms with van der Waals surface area (Å²) in [4.78, 5) is 24.4. The highest BCUT2D eigenvalue weighted by atomic mass is 19.2. The molecule has 3 N–H and O–H groups in total. The number of nitrogens with zero attached hydrogens (tertiary/aromatic N) is 1. The van der Waals surface area contributed by atoms with Gasteiger partial charge in [-0.3, -0.25) is 14.3 Å². The fraction of sp³-hybridized carbons (Fsp3) is 0.455. The molecule has 0 radical (unpaired) electrons. The number of rotatable bonds is 3. The van der Waals surface area contributed by atoms with Crippen LogP contribution < -0.4 is 11.2 Å². The summed E-state index contributed by atoms with van der Waals surface area (Å²) in [6, 6.07) is 0.901. The van der Waals surface area contributed by atoms with E-state index in [-0.39, 0.29) is 0 Å². The minimum atomic E-state index is -3.09. The molecule has 9 heteroatoms. The van der Waals surface area contributed by atoms with Crippen molar-refractivity contribution in [2.75, 3.05) is 6.61 Å². The molecule has 1 aromatic heterocycles. The van der Waals surface area contributed by atoms with Crippen LogP contribution in [-0.2, 0) is 4.74 Å². The lowest BCUT2D eigenvalue weighted by Crippen LogP contribution is -2.47. The van der Waals surface area contributed by atoms with Gasteiger partial charge in [-0.2, -0.15) is 0 Å². The van der Waals surface area contributed by atoms with Gasteiger partial charge in [-0.25, -0.2) is 13.6 Å². The Bertz CT molecular complexity index is 644. The zero-order valence-corrected chi connectivity index (χ0v) is 10.1. The molecule has 0 amide bonds. The molecule has 1 fully saturated rings. The van der Waals surface area contributed by atoms with Crippen LogP contribution in [0.5, 0.6) is 0 Å². The summed E-state index contributed by atoms with van der Waals surface area (Å²) < 4.78 is 33.9. The lowest BCUT2D eigenvalue weighted by atomic mass is 9.95. The van der Waals surface area contributed by atoms with Gasteiger partial charge in [-0.1, -0.05) is 6.58 Å². The van der Waals surface area contributed by atoms with Crippen LogP contribution in [0.1, 0.15) is 6.23 Å². The van der Waals surface area contributed by atoms with Crippen molar-refractivity contribution in [3.8, 4) is 0 Å². The van der Waals surface area contributed by atoms with Crippen LogP contribution >= 0.6 is 0 Å². The number of aliphatic hydroxyl groups is 2. The zero-order valence-electron chi connectivity index (χ0n) is 10.1. The van der Waals surface area contributed by atoms with Gasteiger partial charge in [0.05, 0.1) is 0 Å². The Kier molecular flexibility index (Phi) is 3.36. The van der Waals surface area contributed by atoms with E-state index >= 15 is 0 Å². The molecule has 0 saturated carbocycles. The molecule has 7 nitrogen and oxygen atoms in total. The van der Waals surface area contributed by atoms with Gasteiger partial charge in [0.25, 0.3) is 11.4 Å². The molecule has 110 valence electrons. The van der Waals surface area contributed by atoms with Crippen molar-refractivity contribution in [1.82, 2.24) is 9.55 Å². The van der Waals surface area contributed by atoms with E-state index in [0.29, 0.717) is 10.6 Å². The smallest absolute Gasteiger partial charge is 0.330 e. The maximum Gasteiger partial charge on any atom is 0.330 e. The fourth-order valence-corrected chi connectivity index (χ4v) is 2.02. The standard InChI is InChI=1S/C11H12F2N2O5/c1-2-10(12)7(18)11(13,5-16)20-8(10)15-4-3-6(17)14-9(15)19/h2-4,7-8,16,18H,1,5H2,(H,14,17,19)/t7-,8+,10+,11+/m0/s1. The number of halogens is 2. The van der Waals surface area contributed by atoms with Crippen LogP contribution in [0.15, 0.2) is 34.5 Å². The molecule has 1 aliphatic rings. The van der Waals surface area contributed by atoms with E-state index in [2.05, 4.69) is 11.3 Å². The second kappa shape index (κ2) is 4.62. The van der Waals surface area contributed by atoms with Crippen LogP contribution in [0.2, 0.25) is 0 Å². The number of nitrogens with one attached hydrogen (secondary N) is 1. The molecule has 0 unspecified atom stereocenters. The number of aromatic nitrogens is 2. The predicted octanol–water partition coefficient (Wildman–Crippen LogP) is -1.02. The van der Waals surface area contributed by atoms with Gasteiger partial charge in [-0.15, -0.1) is 0 Å². The Morgan fingerprint density at radius 2 is 2.20 bits per heavy atom. The van der Waals surface area contributed by atoms with Crippen molar-refractivity contribution < 1.29 is 23.7 Å². The number of hydrogen-bond donors (Lipinski definition) is 3. The van der Waals surface area contributed by atoms with Crippen molar-refractivity contribution in [1.29, 1.82) is 0 Å². The highest BCUT2D eigenvalue weighted by molar-refractivity contribution is 5.15. The van der Waals surface area contributed by atoms with Crippen molar-refractivity contribution in [3.05, 3.63) is 45.8 Å². The third-order valence-corrected chi connectivity index (χ3v) is 3.15. The molecule has 2 rings (SSSR count). The van der Waals surface area contributed by atoms with E-state index in [9.17, 15) is 23.5 Å². The Morgan fingerprint density at radius 1 is 1.55 bits per heavy atom. The van der Waals surface area contributed by atoms with Crippen molar-refractivity contribution in [3.63, 3.8) is 0 Å². The number of aliphatic hydroxyl groups excluding tert-OH is 2. The normalized spacial score (nSPS) is 37.0. The van der Waals surface area contributed by atoms with Gasteiger partial charge in [0.2, 0.25) is 5.67 Å². The second-order valence-corrected chi connectivity index (χ2v) is 4.37. The lowest BCUT2D eigenvalue weighted by Gasteiger charge is -2.25. The van der Waals surface area contributed by atoms with Gasteiger partial charge in [0, 0.05) is 12.3 Å². The van der Waals surface area contributed by atoms with Crippen LogP contribution in [-0.4, -0.2) is 44.0 Å². The number of H-pyrrole nitrogens is 1. The summed E-state index contributed by atoms with van der Waals surface area (Å²) in [5.41, 5.74) is -4.65. The Morgan fingerprint density at radius 3 is 2.70 bits per heavy atom. The Balaban J connectivity index is 2.58. The van der Waals surface area contributed by atoms with Crippen molar-refractivity contribution >= 4 is 0 Å². The monoisotopic (exact) mass is 290 g/mol. The third-order valence-electron chi connectivity index (χ3n) is 3.15. The SMILES string of the molecule is C=C[C@]1(F)[C@H](n2ccc(=O)[nH]c2=O)O[C@](F)(CO)[C@H]1O. The first-order valence-electron chi connectivity index (χ1n) is 5.58. The number of hydrogen-bond acceptors (Lipinski definition) is 5. The summed E-state index contributed by atoms with van der Waals surface area (Å²) in [5, 5.41) is 18.5. The summed E-state index contributed by atoms with van der Waals surface area (Å²) >= 11 is 0. The molecule has 4 atom stereocenters. The maximum atomic E-state index is 14.7. The van der Waals surface area contributed by atoms with Crippen LogP contribution in [0.3, 0.4) is 0 Å². The highest BCUT2D eigenvalue weighted by Crippen LogP contribution is 2.47. The molecular formula is C11H12F2N2O5. The first-order chi connectivity index (χ1) is 9.28. The van der Waals surface area contributed by atoms with Crippen LogP contribution in [0.25, 0.3) is 0 Å². The molecule has 20 heavy (non-hydrogen) atoms. The van der Waals surface area contributed by atoms with E-state index in [0.717, 1.165) is 12.3 Å². The summed E-state index contributed by atoms with van der Waals surface area (Å²) in [5.74, 6) is -3.09. The van der Waals surface area contributed by atoms with E-state index in [1.165, 1.54) is 0 Å². The molecule has 2 heterocycles. The van der Waals surface area contributed by atoms with Gasteiger partial charge in [-0.05, 0) is 6.08 Å². The first-order valence-corrected chi connectivity index (χ1v) is 5.58. The first kappa shape index (κ1) is 14.6. The van der Waals surface area contributed by atoms with Crippen molar-refractivity contribution in [2.45, 2.75) is 23.9 Å². The van der Waals surface area contributed by atoms with Crippen LogP contribution in [0.4, 0.5) is 8.78 Å². The molecule has 1 aromatic rings. The molecular weight excluding hydrogens is 278 g/mol. The van der Waals surface area contributed by atoms with E-state index in [1.807, 2.05) is 4.98 Å². The number of ether oxygens (including phenoxy) is 1. The lowest BCUT2D eigenvalue weighted by molar-refractivity contribution is -0.207. The summed E-state index contributed by atoms with van der Waals surface area (Å²) in [7, 11) is 0. The molecule has 0 aliphatic carbocycles. The van der Waals surface area contributed by atoms with Gasteiger partial charge < -0.3 is 14.9 Å². The largest absolute Gasteiger partial charge is 0.390 e.